The van der Waals surface area contributed by atoms with E-state index in [2.05, 4.69) is 16.0 Å². The van der Waals surface area contributed by atoms with Crippen LogP contribution < -0.4 is 16.0 Å². The summed E-state index contributed by atoms with van der Waals surface area (Å²) >= 11 is 5.80. The molecular weight excluding hydrogens is 374 g/mol. The van der Waals surface area contributed by atoms with E-state index in [-0.39, 0.29) is 18.4 Å². The van der Waals surface area contributed by atoms with Crippen LogP contribution in [0.4, 0.5) is 0 Å². The first-order chi connectivity index (χ1) is 12.7. The molecule has 0 aliphatic heterocycles. The average molecular weight is 398 g/mol. The van der Waals surface area contributed by atoms with Gasteiger partial charge in [0.2, 0.25) is 5.91 Å². The number of likely N-dealkylation sites (N-methyl/N-ethyl adjacent to an activating group) is 1. The van der Waals surface area contributed by atoms with Gasteiger partial charge in [0.1, 0.15) is 6.04 Å². The highest BCUT2D eigenvalue weighted by molar-refractivity contribution is 6.30. The third-order valence-electron chi connectivity index (χ3n) is 3.47. The van der Waals surface area contributed by atoms with E-state index in [1.165, 1.54) is 7.05 Å². The van der Waals surface area contributed by atoms with Crippen LogP contribution in [-0.4, -0.2) is 49.9 Å². The average Bonchev–Trinajstić information content (AvgIpc) is 2.63. The summed E-state index contributed by atoms with van der Waals surface area (Å²) in [7, 11) is 1.44. The number of nitrogens with one attached hydrogen (secondary N) is 3. The zero-order valence-corrected chi connectivity index (χ0v) is 16.3. The first kappa shape index (κ1) is 22.4. The number of halogens is 1. The van der Waals surface area contributed by atoms with Gasteiger partial charge in [0.25, 0.3) is 11.8 Å². The number of rotatable bonds is 9. The number of hydrogen-bond donors (Lipinski definition) is 3. The maximum Gasteiger partial charge on any atom is 0.329 e. The predicted molar refractivity (Wildman–Crippen MR) is 100 cm³/mol. The van der Waals surface area contributed by atoms with Gasteiger partial charge in [0.05, 0.1) is 6.54 Å². The van der Waals surface area contributed by atoms with E-state index in [4.69, 9.17) is 16.3 Å². The third kappa shape index (κ3) is 8.54. The van der Waals surface area contributed by atoms with Gasteiger partial charge < -0.3 is 20.7 Å². The highest BCUT2D eigenvalue weighted by Crippen LogP contribution is 2.11. The zero-order valence-electron chi connectivity index (χ0n) is 15.5. The summed E-state index contributed by atoms with van der Waals surface area (Å²) in [5, 5.41) is 7.77. The summed E-state index contributed by atoms with van der Waals surface area (Å²) in [4.78, 5) is 47.3. The molecule has 3 amide bonds. The number of hydrogen-bond acceptors (Lipinski definition) is 5. The Morgan fingerprint density at radius 3 is 2.26 bits per heavy atom. The lowest BCUT2D eigenvalue weighted by atomic mass is 10.0. The molecule has 8 nitrogen and oxygen atoms in total. The molecule has 0 radical (unpaired) electrons. The van der Waals surface area contributed by atoms with E-state index >= 15 is 0 Å². The van der Waals surface area contributed by atoms with E-state index in [0.29, 0.717) is 17.0 Å². The first-order valence-electron chi connectivity index (χ1n) is 8.43. The van der Waals surface area contributed by atoms with Crippen LogP contribution in [-0.2, 0) is 19.1 Å². The van der Waals surface area contributed by atoms with Crippen LogP contribution in [0.25, 0.3) is 0 Å². The topological polar surface area (TPSA) is 114 Å². The van der Waals surface area contributed by atoms with Gasteiger partial charge >= 0.3 is 5.97 Å². The second kappa shape index (κ2) is 11.2. The molecule has 9 heteroatoms. The predicted octanol–water partition coefficient (Wildman–Crippen LogP) is 0.890. The number of ether oxygens (including phenoxy) is 1. The van der Waals surface area contributed by atoms with Gasteiger partial charge in [-0.15, -0.1) is 0 Å². The lowest BCUT2D eigenvalue weighted by Crippen LogP contribution is -2.44. The second-order valence-electron chi connectivity index (χ2n) is 6.22. The monoisotopic (exact) mass is 397 g/mol. The molecule has 148 valence electrons. The van der Waals surface area contributed by atoms with Crippen molar-refractivity contribution in [2.24, 2.45) is 5.92 Å². The van der Waals surface area contributed by atoms with Crippen molar-refractivity contribution in [3.63, 3.8) is 0 Å². The minimum atomic E-state index is -0.903. The normalized spacial score (nSPS) is 11.4. The maximum absolute atomic E-state index is 12.3. The van der Waals surface area contributed by atoms with E-state index in [1.807, 2.05) is 13.8 Å². The SMILES string of the molecule is CNC(=O)CNC(=O)COC(=O)[C@@H](CC(C)C)NC(=O)c1ccc(Cl)cc1. The minimum absolute atomic E-state index is 0.107. The molecular formula is C18H24ClN3O5. The van der Waals surface area contributed by atoms with Gasteiger partial charge in [-0.25, -0.2) is 4.79 Å². The van der Waals surface area contributed by atoms with E-state index < -0.39 is 30.4 Å². The Balaban J connectivity index is 2.62. The molecule has 0 saturated carbocycles. The summed E-state index contributed by atoms with van der Waals surface area (Å²) in [5.41, 5.74) is 0.351. The lowest BCUT2D eigenvalue weighted by Gasteiger charge is -2.19. The summed E-state index contributed by atoms with van der Waals surface area (Å²) in [6.45, 7) is 3.03. The van der Waals surface area contributed by atoms with Crippen LogP contribution in [0.15, 0.2) is 24.3 Å². The van der Waals surface area contributed by atoms with E-state index in [1.54, 1.807) is 24.3 Å². The highest BCUT2D eigenvalue weighted by atomic mass is 35.5. The van der Waals surface area contributed by atoms with Crippen LogP contribution in [0.3, 0.4) is 0 Å². The van der Waals surface area contributed by atoms with Crippen molar-refractivity contribution < 1.29 is 23.9 Å². The van der Waals surface area contributed by atoms with Crippen molar-refractivity contribution in [3.8, 4) is 0 Å². The number of carbonyl (C=O) groups is 4. The second-order valence-corrected chi connectivity index (χ2v) is 6.66. The standard InChI is InChI=1S/C18H24ClN3O5/c1-11(2)8-14(22-17(25)12-4-6-13(19)7-5-12)18(26)27-10-16(24)21-9-15(23)20-3/h4-7,11,14H,8-10H2,1-3H3,(H,20,23)(H,21,24)(H,22,25)/t14-/m1/s1. The van der Waals surface area contributed by atoms with Crippen LogP contribution in [0.1, 0.15) is 30.6 Å². The van der Waals surface area contributed by atoms with Gasteiger partial charge in [0, 0.05) is 17.6 Å². The van der Waals surface area contributed by atoms with Gasteiger partial charge in [-0.1, -0.05) is 25.4 Å². The Morgan fingerprint density at radius 2 is 1.70 bits per heavy atom. The molecule has 0 heterocycles. The quantitative estimate of drug-likeness (QED) is 0.535. The molecule has 0 unspecified atom stereocenters. The van der Waals surface area contributed by atoms with E-state index in [0.717, 1.165) is 0 Å². The summed E-state index contributed by atoms with van der Waals surface area (Å²) in [6.07, 6.45) is 0.345. The Morgan fingerprint density at radius 1 is 1.07 bits per heavy atom. The van der Waals surface area contributed by atoms with Crippen molar-refractivity contribution in [1.82, 2.24) is 16.0 Å². The minimum Gasteiger partial charge on any atom is -0.454 e. The Kier molecular flexibility index (Phi) is 9.29. The molecule has 0 bridgehead atoms. The van der Waals surface area contributed by atoms with Gasteiger partial charge in [-0.05, 0) is 36.6 Å². The smallest absolute Gasteiger partial charge is 0.329 e. The van der Waals surface area contributed by atoms with Crippen LogP contribution in [0.2, 0.25) is 5.02 Å². The van der Waals surface area contributed by atoms with Gasteiger partial charge in [0.15, 0.2) is 6.61 Å². The zero-order chi connectivity index (χ0) is 20.4. The molecule has 1 rings (SSSR count). The largest absolute Gasteiger partial charge is 0.454 e. The Hall–Kier alpha value is -2.61. The summed E-state index contributed by atoms with van der Waals surface area (Å²) in [5.74, 6) is -2.04. The number of carbonyl (C=O) groups excluding carboxylic acids is 4. The van der Waals surface area contributed by atoms with Crippen molar-refractivity contribution >= 4 is 35.3 Å². The van der Waals surface area contributed by atoms with Gasteiger partial charge in [-0.2, -0.15) is 0 Å². The molecule has 0 aromatic heterocycles. The number of benzene rings is 1. The van der Waals surface area contributed by atoms with E-state index in [9.17, 15) is 19.2 Å². The van der Waals surface area contributed by atoms with Crippen molar-refractivity contribution in [2.75, 3.05) is 20.2 Å². The molecule has 0 aliphatic carbocycles. The highest BCUT2D eigenvalue weighted by Gasteiger charge is 2.24. The molecule has 0 aliphatic rings. The fourth-order valence-electron chi connectivity index (χ4n) is 2.08. The molecule has 0 saturated heterocycles. The van der Waals surface area contributed by atoms with Crippen molar-refractivity contribution in [3.05, 3.63) is 34.9 Å². The van der Waals surface area contributed by atoms with Crippen LogP contribution >= 0.6 is 11.6 Å². The van der Waals surface area contributed by atoms with Crippen molar-refractivity contribution in [2.45, 2.75) is 26.3 Å². The number of amides is 3. The molecule has 1 aromatic rings. The molecule has 27 heavy (non-hydrogen) atoms. The Labute approximate surface area is 163 Å². The third-order valence-corrected chi connectivity index (χ3v) is 3.73. The number of esters is 1. The molecule has 0 spiro atoms. The molecule has 0 fully saturated rings. The van der Waals surface area contributed by atoms with Crippen LogP contribution in [0, 0.1) is 5.92 Å². The molecule has 1 atom stereocenters. The fourth-order valence-corrected chi connectivity index (χ4v) is 2.21. The summed E-state index contributed by atoms with van der Waals surface area (Å²) < 4.78 is 4.97. The first-order valence-corrected chi connectivity index (χ1v) is 8.81. The summed E-state index contributed by atoms with van der Waals surface area (Å²) in [6, 6.07) is 5.33. The fraction of sp³-hybridized carbons (Fsp3) is 0.444. The Bertz CT molecular complexity index is 676. The van der Waals surface area contributed by atoms with Crippen LogP contribution in [0.5, 0.6) is 0 Å². The van der Waals surface area contributed by atoms with Crippen molar-refractivity contribution in [1.29, 1.82) is 0 Å². The molecule has 1 aromatic carbocycles. The molecule has 3 N–H and O–H groups in total. The maximum atomic E-state index is 12.3. The lowest BCUT2D eigenvalue weighted by molar-refractivity contribution is -0.150. The van der Waals surface area contributed by atoms with Gasteiger partial charge in [-0.3, -0.25) is 14.4 Å².